The number of amides is 3. The zero-order valence-electron chi connectivity index (χ0n) is 16.1. The van der Waals surface area contributed by atoms with Crippen LogP contribution >= 0.6 is 0 Å². The van der Waals surface area contributed by atoms with Gasteiger partial charge in [0.25, 0.3) is 5.91 Å². The van der Waals surface area contributed by atoms with Gasteiger partial charge in [0.05, 0.1) is 12.3 Å². The van der Waals surface area contributed by atoms with Crippen molar-refractivity contribution in [3.05, 3.63) is 64.7 Å². The number of fused-ring (bicyclic) bond motifs is 2. The van der Waals surface area contributed by atoms with Gasteiger partial charge in [-0.05, 0) is 42.3 Å². The number of ketones is 1. The summed E-state index contributed by atoms with van der Waals surface area (Å²) in [7, 11) is 0. The van der Waals surface area contributed by atoms with Gasteiger partial charge in [0.15, 0.2) is 12.4 Å². The van der Waals surface area contributed by atoms with Crippen LogP contribution in [0, 0.1) is 0 Å². The fourth-order valence-corrected chi connectivity index (χ4v) is 3.55. The molecule has 8 heteroatoms. The second-order valence-electron chi connectivity index (χ2n) is 7.22. The molecule has 3 amide bonds. The van der Waals surface area contributed by atoms with Crippen LogP contribution in [0.4, 0.5) is 5.69 Å². The predicted octanol–water partition coefficient (Wildman–Crippen LogP) is 1.69. The second-order valence-corrected chi connectivity index (χ2v) is 7.22. The summed E-state index contributed by atoms with van der Waals surface area (Å²) in [5, 5.41) is 2.72. The van der Waals surface area contributed by atoms with Gasteiger partial charge < -0.3 is 10.1 Å². The zero-order valence-corrected chi connectivity index (χ0v) is 16.1. The van der Waals surface area contributed by atoms with Crippen molar-refractivity contribution in [1.82, 2.24) is 4.90 Å². The molecule has 0 unspecified atom stereocenters. The van der Waals surface area contributed by atoms with E-state index in [0.717, 1.165) is 4.90 Å². The van der Waals surface area contributed by atoms with Gasteiger partial charge in [-0.2, -0.15) is 0 Å². The molecule has 0 aliphatic carbocycles. The normalized spacial score (nSPS) is 17.3. The van der Waals surface area contributed by atoms with Gasteiger partial charge in [0, 0.05) is 16.8 Å². The van der Waals surface area contributed by atoms with Gasteiger partial charge in [0.2, 0.25) is 11.8 Å². The van der Waals surface area contributed by atoms with Crippen LogP contribution in [0.25, 0.3) is 0 Å². The quantitative estimate of drug-likeness (QED) is 0.460. The monoisotopic (exact) mass is 406 g/mol. The SMILES string of the molecule is C[C@@H]1C(=O)Nc2ccc(C(=O)COC(=O)CN3C(=O)Cc4ccccc4C3=O)cc21. The van der Waals surface area contributed by atoms with E-state index in [0.29, 0.717) is 27.9 Å². The smallest absolute Gasteiger partial charge is 0.326 e. The maximum absolute atomic E-state index is 12.5. The maximum Gasteiger partial charge on any atom is 0.326 e. The Hall–Kier alpha value is -3.81. The molecule has 2 aliphatic rings. The van der Waals surface area contributed by atoms with E-state index < -0.39 is 36.7 Å². The number of benzene rings is 2. The number of imide groups is 1. The van der Waals surface area contributed by atoms with Crippen molar-refractivity contribution >= 4 is 35.2 Å². The Labute approximate surface area is 171 Å². The van der Waals surface area contributed by atoms with Crippen molar-refractivity contribution in [2.75, 3.05) is 18.5 Å². The van der Waals surface area contributed by atoms with E-state index in [4.69, 9.17) is 4.74 Å². The molecule has 0 saturated heterocycles. The highest BCUT2D eigenvalue weighted by Gasteiger charge is 2.32. The van der Waals surface area contributed by atoms with Crippen molar-refractivity contribution in [1.29, 1.82) is 0 Å². The molecule has 2 aromatic rings. The van der Waals surface area contributed by atoms with Crippen molar-refractivity contribution in [2.45, 2.75) is 19.3 Å². The number of esters is 1. The molecule has 2 aliphatic heterocycles. The molecule has 4 rings (SSSR count). The number of carbonyl (C=O) groups excluding carboxylic acids is 5. The standard InChI is InChI=1S/C22H18N2O6/c1-12-16-8-14(6-7-17(16)23-21(12)28)18(25)11-30-20(27)10-24-19(26)9-13-4-2-3-5-15(13)22(24)29/h2-8,12H,9-11H2,1H3,(H,23,28)/t12-/m0/s1. The molecule has 0 saturated carbocycles. The molecule has 0 aromatic heterocycles. The van der Waals surface area contributed by atoms with Crippen LogP contribution in [0.2, 0.25) is 0 Å². The van der Waals surface area contributed by atoms with Gasteiger partial charge in [-0.25, -0.2) is 0 Å². The lowest BCUT2D eigenvalue weighted by Crippen LogP contribution is -2.45. The highest BCUT2D eigenvalue weighted by molar-refractivity contribution is 6.11. The van der Waals surface area contributed by atoms with Gasteiger partial charge in [-0.3, -0.25) is 28.9 Å². The summed E-state index contributed by atoms with van der Waals surface area (Å²) in [4.78, 5) is 61.8. The molecule has 2 heterocycles. The molecule has 2 aromatic carbocycles. The van der Waals surface area contributed by atoms with E-state index >= 15 is 0 Å². The van der Waals surface area contributed by atoms with E-state index in [1.54, 1.807) is 49.4 Å². The summed E-state index contributed by atoms with van der Waals surface area (Å²) in [6, 6.07) is 11.5. The van der Waals surface area contributed by atoms with Gasteiger partial charge in [-0.1, -0.05) is 18.2 Å². The number of hydrogen-bond acceptors (Lipinski definition) is 6. The van der Waals surface area contributed by atoms with Crippen LogP contribution < -0.4 is 5.32 Å². The van der Waals surface area contributed by atoms with Crippen LogP contribution in [0.15, 0.2) is 42.5 Å². The van der Waals surface area contributed by atoms with Crippen LogP contribution in [-0.2, 0) is 25.5 Å². The Kier molecular flexibility index (Phi) is 4.91. The van der Waals surface area contributed by atoms with E-state index in [-0.39, 0.29) is 18.2 Å². The number of carbonyl (C=O) groups is 5. The molecule has 0 radical (unpaired) electrons. The fourth-order valence-electron chi connectivity index (χ4n) is 3.55. The molecule has 1 atom stereocenters. The highest BCUT2D eigenvalue weighted by atomic mass is 16.5. The molecule has 8 nitrogen and oxygen atoms in total. The second kappa shape index (κ2) is 7.55. The van der Waals surface area contributed by atoms with Gasteiger partial charge in [-0.15, -0.1) is 0 Å². The Bertz CT molecular complexity index is 1110. The number of nitrogens with one attached hydrogen (secondary N) is 1. The number of anilines is 1. The molecule has 0 fully saturated rings. The van der Waals surface area contributed by atoms with Gasteiger partial charge >= 0.3 is 5.97 Å². The number of Topliss-reactive ketones (excluding diaryl/α,β-unsaturated/α-hetero) is 1. The Morgan fingerprint density at radius 2 is 1.90 bits per heavy atom. The van der Waals surface area contributed by atoms with Crippen LogP contribution in [0.3, 0.4) is 0 Å². The van der Waals surface area contributed by atoms with E-state index in [2.05, 4.69) is 5.32 Å². The minimum absolute atomic E-state index is 0.0220. The van der Waals surface area contributed by atoms with Crippen LogP contribution in [0.1, 0.15) is 44.7 Å². The molecule has 152 valence electrons. The van der Waals surface area contributed by atoms with Crippen molar-refractivity contribution < 1.29 is 28.7 Å². The summed E-state index contributed by atoms with van der Waals surface area (Å²) < 4.78 is 5.00. The van der Waals surface area contributed by atoms with Crippen LogP contribution in [-0.4, -0.2) is 47.5 Å². The van der Waals surface area contributed by atoms with E-state index in [9.17, 15) is 24.0 Å². The highest BCUT2D eigenvalue weighted by Crippen LogP contribution is 2.32. The van der Waals surface area contributed by atoms with E-state index in [1.165, 1.54) is 0 Å². The fraction of sp³-hybridized carbons (Fsp3) is 0.227. The average molecular weight is 406 g/mol. The Balaban J connectivity index is 1.38. The minimum atomic E-state index is -0.851. The van der Waals surface area contributed by atoms with Crippen molar-refractivity contribution in [3.8, 4) is 0 Å². The third-order valence-electron chi connectivity index (χ3n) is 5.28. The third-order valence-corrected chi connectivity index (χ3v) is 5.28. The number of nitrogens with zero attached hydrogens (tertiary/aromatic N) is 1. The summed E-state index contributed by atoms with van der Waals surface area (Å²) in [5.41, 5.74) is 2.66. The molecular formula is C22H18N2O6. The Morgan fingerprint density at radius 1 is 1.13 bits per heavy atom. The Morgan fingerprint density at radius 3 is 2.70 bits per heavy atom. The first kappa shape index (κ1) is 19.5. The van der Waals surface area contributed by atoms with Crippen molar-refractivity contribution in [3.63, 3.8) is 0 Å². The summed E-state index contributed by atoms with van der Waals surface area (Å²) in [5.74, 6) is -2.86. The minimum Gasteiger partial charge on any atom is -0.456 e. The summed E-state index contributed by atoms with van der Waals surface area (Å²) in [6.45, 7) is 0.652. The molecular weight excluding hydrogens is 388 g/mol. The lowest BCUT2D eigenvalue weighted by atomic mass is 9.98. The van der Waals surface area contributed by atoms with Crippen molar-refractivity contribution in [2.24, 2.45) is 0 Å². The first-order valence-electron chi connectivity index (χ1n) is 9.41. The lowest BCUT2D eigenvalue weighted by Gasteiger charge is -2.25. The number of ether oxygens (including phenoxy) is 1. The largest absolute Gasteiger partial charge is 0.456 e. The van der Waals surface area contributed by atoms with E-state index in [1.807, 2.05) is 0 Å². The maximum atomic E-state index is 12.5. The average Bonchev–Trinajstić information content (AvgIpc) is 3.02. The zero-order chi connectivity index (χ0) is 21.4. The topological polar surface area (TPSA) is 110 Å². The molecule has 0 spiro atoms. The predicted molar refractivity (Wildman–Crippen MR) is 105 cm³/mol. The third kappa shape index (κ3) is 3.47. The summed E-state index contributed by atoms with van der Waals surface area (Å²) >= 11 is 0. The number of rotatable bonds is 5. The molecule has 1 N–H and O–H groups in total. The van der Waals surface area contributed by atoms with Crippen LogP contribution in [0.5, 0.6) is 0 Å². The van der Waals surface area contributed by atoms with Gasteiger partial charge in [0.1, 0.15) is 6.54 Å². The first-order chi connectivity index (χ1) is 14.3. The lowest BCUT2D eigenvalue weighted by molar-refractivity contribution is -0.146. The molecule has 0 bridgehead atoms. The first-order valence-corrected chi connectivity index (χ1v) is 9.41. The molecule has 30 heavy (non-hydrogen) atoms. The number of hydrogen-bond donors (Lipinski definition) is 1. The summed E-state index contributed by atoms with van der Waals surface area (Å²) in [6.07, 6.45) is 0.0220.